The predicted molar refractivity (Wildman–Crippen MR) is 178 cm³/mol. The van der Waals surface area contributed by atoms with Gasteiger partial charge in [0.15, 0.2) is 5.13 Å². The summed E-state index contributed by atoms with van der Waals surface area (Å²) in [5, 5.41) is 8.26. The number of hydrogen-bond acceptors (Lipinski definition) is 3. The van der Waals surface area contributed by atoms with Gasteiger partial charge in [-0.25, -0.2) is 11.6 Å². The number of carbonyl (C=O) groups excluding carboxylic acids is 1. The van der Waals surface area contributed by atoms with Gasteiger partial charge in [-0.1, -0.05) is 115 Å². The molecular formula is C39H29N3OS. The summed E-state index contributed by atoms with van der Waals surface area (Å²) in [7, 11) is 0. The minimum atomic E-state index is -0.875. The Morgan fingerprint density at radius 3 is 2.27 bits per heavy atom. The normalized spacial score (nSPS) is 21.3. The second-order valence-corrected chi connectivity index (χ2v) is 13.0. The van der Waals surface area contributed by atoms with Crippen molar-refractivity contribution in [3.8, 4) is 11.1 Å². The lowest BCUT2D eigenvalue weighted by atomic mass is 9.49. The van der Waals surface area contributed by atoms with Crippen molar-refractivity contribution in [2.24, 2.45) is 5.41 Å². The van der Waals surface area contributed by atoms with E-state index in [2.05, 4.69) is 101 Å². The maximum Gasteiger partial charge on any atom is 0.284 e. The lowest BCUT2D eigenvalue weighted by molar-refractivity contribution is -0.127. The van der Waals surface area contributed by atoms with Gasteiger partial charge < -0.3 is 5.32 Å². The van der Waals surface area contributed by atoms with E-state index >= 15 is 0 Å². The number of hydrogen-bond donors (Lipinski definition) is 1. The fraction of sp³-hybridized carbons (Fsp3) is 0.154. The van der Waals surface area contributed by atoms with Crippen molar-refractivity contribution >= 4 is 33.1 Å². The molecule has 0 spiro atoms. The number of carbonyl (C=O) groups is 1. The molecule has 212 valence electrons. The molecule has 1 aromatic heterocycles. The van der Waals surface area contributed by atoms with Crippen LogP contribution in [0.15, 0.2) is 121 Å². The van der Waals surface area contributed by atoms with E-state index < -0.39 is 11.0 Å². The van der Waals surface area contributed by atoms with Crippen LogP contribution in [0.1, 0.15) is 52.8 Å². The molecule has 2 bridgehead atoms. The van der Waals surface area contributed by atoms with Crippen LogP contribution in [0, 0.1) is 12.0 Å². The van der Waals surface area contributed by atoms with Crippen molar-refractivity contribution in [3.05, 3.63) is 166 Å². The highest BCUT2D eigenvalue weighted by Crippen LogP contribution is 2.64. The molecule has 44 heavy (non-hydrogen) atoms. The molecule has 1 heterocycles. The van der Waals surface area contributed by atoms with Crippen molar-refractivity contribution in [1.82, 2.24) is 4.98 Å². The first-order chi connectivity index (χ1) is 21.5. The van der Waals surface area contributed by atoms with Crippen molar-refractivity contribution in [2.45, 2.75) is 31.2 Å². The molecule has 6 aromatic rings. The minimum absolute atomic E-state index is 0.0835. The third kappa shape index (κ3) is 3.95. The van der Waals surface area contributed by atoms with Crippen LogP contribution in [0.2, 0.25) is 0 Å². The van der Waals surface area contributed by atoms with Crippen LogP contribution >= 0.6 is 11.3 Å². The largest absolute Gasteiger partial charge is 0.301 e. The number of benzene rings is 5. The average Bonchev–Trinajstić information content (AvgIpc) is 3.51. The summed E-state index contributed by atoms with van der Waals surface area (Å²) in [4.78, 5) is 23.2. The zero-order valence-corrected chi connectivity index (χ0v) is 25.1. The van der Waals surface area contributed by atoms with Crippen molar-refractivity contribution < 1.29 is 4.79 Å². The molecule has 9 rings (SSSR count). The van der Waals surface area contributed by atoms with E-state index in [1.165, 1.54) is 38.8 Å². The highest BCUT2D eigenvalue weighted by atomic mass is 32.1. The fourth-order valence-corrected chi connectivity index (χ4v) is 8.32. The average molecular weight is 588 g/mol. The third-order valence-electron chi connectivity index (χ3n) is 9.62. The Morgan fingerprint density at radius 1 is 0.886 bits per heavy atom. The standard InChI is InChI=1S/C39H29N3OS/c1-38(24-39(40-2)33-16-7-5-13-31(33)35(38)32-14-6-8-17-34(32)39)36(43)42-37-41-28(23-44-37)22-25-18-20-27(21-19-25)30-15-9-11-26-10-3-4-12-29(26)30/h3-21,23,35H,22,24H2,1H3,(H,41,42,43). The van der Waals surface area contributed by atoms with E-state index in [1.807, 2.05) is 36.6 Å². The van der Waals surface area contributed by atoms with E-state index in [0.29, 0.717) is 18.0 Å². The van der Waals surface area contributed by atoms with E-state index in [0.717, 1.165) is 27.9 Å². The molecule has 3 aliphatic carbocycles. The minimum Gasteiger partial charge on any atom is -0.301 e. The molecule has 0 radical (unpaired) electrons. The number of rotatable bonds is 5. The number of nitrogens with one attached hydrogen (secondary N) is 1. The zero-order valence-electron chi connectivity index (χ0n) is 24.2. The number of fused-ring (bicyclic) bond motifs is 2. The van der Waals surface area contributed by atoms with Crippen LogP contribution in [-0.2, 0) is 16.8 Å². The predicted octanol–water partition coefficient (Wildman–Crippen LogP) is 9.21. The van der Waals surface area contributed by atoms with Gasteiger partial charge in [0.1, 0.15) is 0 Å². The number of thiazole rings is 1. The van der Waals surface area contributed by atoms with Gasteiger partial charge in [-0.05, 0) is 45.5 Å². The molecule has 5 heteroatoms. The van der Waals surface area contributed by atoms with E-state index in [-0.39, 0.29) is 11.8 Å². The van der Waals surface area contributed by atoms with E-state index in [4.69, 9.17) is 11.6 Å². The van der Waals surface area contributed by atoms with Crippen LogP contribution in [0.5, 0.6) is 0 Å². The van der Waals surface area contributed by atoms with Crippen LogP contribution in [0.25, 0.3) is 26.7 Å². The Morgan fingerprint density at radius 2 is 1.55 bits per heavy atom. The molecule has 3 aliphatic rings. The van der Waals surface area contributed by atoms with E-state index in [9.17, 15) is 4.79 Å². The second-order valence-electron chi connectivity index (χ2n) is 12.2. The molecule has 1 amide bonds. The Kier molecular flexibility index (Phi) is 6.04. The first-order valence-electron chi connectivity index (χ1n) is 14.9. The van der Waals surface area contributed by atoms with Gasteiger partial charge in [-0.3, -0.25) is 9.64 Å². The smallest absolute Gasteiger partial charge is 0.284 e. The Labute approximate surface area is 260 Å². The van der Waals surface area contributed by atoms with Gasteiger partial charge in [0.05, 0.1) is 11.1 Å². The zero-order chi connectivity index (χ0) is 29.9. The number of amides is 1. The highest BCUT2D eigenvalue weighted by molar-refractivity contribution is 7.13. The third-order valence-corrected chi connectivity index (χ3v) is 10.4. The number of nitrogens with zero attached hydrogens (tertiary/aromatic N) is 2. The van der Waals surface area contributed by atoms with Gasteiger partial charge in [0.25, 0.3) is 5.54 Å². The van der Waals surface area contributed by atoms with E-state index in [1.54, 1.807) is 0 Å². The molecule has 5 aromatic carbocycles. The molecule has 1 unspecified atom stereocenters. The summed E-state index contributed by atoms with van der Waals surface area (Å²) in [6, 6.07) is 39.9. The topological polar surface area (TPSA) is 46.4 Å². The van der Waals surface area contributed by atoms with Gasteiger partial charge in [0.2, 0.25) is 5.91 Å². The molecule has 0 fully saturated rings. The molecular weight excluding hydrogens is 559 g/mol. The van der Waals surface area contributed by atoms with Crippen molar-refractivity contribution in [3.63, 3.8) is 0 Å². The molecule has 0 saturated heterocycles. The maximum atomic E-state index is 14.1. The lowest BCUT2D eigenvalue weighted by Gasteiger charge is -2.51. The lowest BCUT2D eigenvalue weighted by Crippen LogP contribution is -2.53. The Bertz CT molecular complexity index is 2070. The summed E-state index contributed by atoms with van der Waals surface area (Å²) < 4.78 is 0. The Hall–Kier alpha value is -5.05. The molecule has 0 saturated carbocycles. The molecule has 0 aliphatic heterocycles. The molecule has 1 atom stereocenters. The van der Waals surface area contributed by atoms with Crippen LogP contribution < -0.4 is 5.32 Å². The van der Waals surface area contributed by atoms with Gasteiger partial charge in [-0.2, -0.15) is 0 Å². The van der Waals surface area contributed by atoms with Gasteiger partial charge in [-0.15, -0.1) is 11.3 Å². The van der Waals surface area contributed by atoms with Crippen molar-refractivity contribution in [1.29, 1.82) is 0 Å². The maximum absolute atomic E-state index is 14.1. The van der Waals surface area contributed by atoms with Crippen molar-refractivity contribution in [2.75, 3.05) is 5.32 Å². The van der Waals surface area contributed by atoms with Crippen LogP contribution in [0.3, 0.4) is 0 Å². The monoisotopic (exact) mass is 587 g/mol. The first kappa shape index (κ1) is 26.6. The summed E-state index contributed by atoms with van der Waals surface area (Å²) in [6.07, 6.45) is 1.12. The first-order valence-corrected chi connectivity index (χ1v) is 15.8. The van der Waals surface area contributed by atoms with Gasteiger partial charge >= 0.3 is 0 Å². The summed E-state index contributed by atoms with van der Waals surface area (Å²) in [5.41, 5.74) is 7.06. The Balaban J connectivity index is 1.04. The van der Waals surface area contributed by atoms with Gasteiger partial charge in [0, 0.05) is 35.3 Å². The number of aromatic nitrogens is 1. The number of anilines is 1. The SMILES string of the molecule is [C-]#[N+]C12CC(C)(C(=O)Nc3nc(Cc4ccc(-c5cccc6ccccc56)cc4)cs3)C(c3ccccc31)c1ccccc12. The summed E-state index contributed by atoms with van der Waals surface area (Å²) >= 11 is 1.45. The molecule has 1 N–H and O–H groups in total. The highest BCUT2D eigenvalue weighted by Gasteiger charge is 2.64. The molecule has 4 nitrogen and oxygen atoms in total. The van der Waals surface area contributed by atoms with Crippen LogP contribution in [-0.4, -0.2) is 10.9 Å². The summed E-state index contributed by atoms with van der Waals surface area (Å²) in [5.74, 6) is -0.210. The quantitative estimate of drug-likeness (QED) is 0.204. The van der Waals surface area contributed by atoms with Crippen LogP contribution in [0.4, 0.5) is 5.13 Å². The fourth-order valence-electron chi connectivity index (χ4n) is 7.62. The second kappa shape index (κ2) is 10.0. The summed E-state index contributed by atoms with van der Waals surface area (Å²) in [6.45, 7) is 10.4.